The van der Waals surface area contributed by atoms with Crippen molar-refractivity contribution >= 4 is 34.4 Å². The number of nitrogens with zero attached hydrogens (tertiary/aromatic N) is 4. The molecule has 4 nitrogen and oxygen atoms in total. The first-order valence-electron chi connectivity index (χ1n) is 3.40. The normalized spacial score (nSPS) is 11.9. The van der Waals surface area contributed by atoms with Crippen molar-refractivity contribution in [2.45, 2.75) is 14.9 Å². The maximum atomic E-state index is 12.2. The Morgan fingerprint density at radius 1 is 1.13 bits per heavy atom. The van der Waals surface area contributed by atoms with Crippen LogP contribution in [0.4, 0.5) is 13.2 Å². The van der Waals surface area contributed by atoms with Crippen LogP contribution in [0.15, 0.2) is 14.2 Å². The molecule has 0 radical (unpaired) electrons. The minimum Gasteiger partial charge on any atom is -0.164 e. The van der Waals surface area contributed by atoms with E-state index in [2.05, 4.69) is 20.4 Å². The summed E-state index contributed by atoms with van der Waals surface area (Å²) in [5, 5.41) is 12.7. The van der Waals surface area contributed by atoms with Crippen molar-refractivity contribution in [2.24, 2.45) is 0 Å². The molecular formula is C5HF3N4S3. The van der Waals surface area contributed by atoms with E-state index < -0.39 is 11.2 Å². The van der Waals surface area contributed by atoms with Crippen molar-refractivity contribution in [3.8, 4) is 0 Å². The van der Waals surface area contributed by atoms with Crippen LogP contribution >= 0.6 is 34.4 Å². The van der Waals surface area contributed by atoms with E-state index in [-0.39, 0.29) is 4.34 Å². The van der Waals surface area contributed by atoms with E-state index in [4.69, 9.17) is 0 Å². The number of hydrogen-bond acceptors (Lipinski definition) is 7. The predicted molar refractivity (Wildman–Crippen MR) is 48.9 cm³/mol. The topological polar surface area (TPSA) is 51.6 Å². The van der Waals surface area contributed by atoms with Gasteiger partial charge in [-0.25, -0.2) is 0 Å². The molecule has 10 heteroatoms. The molecule has 2 heterocycles. The Balaban J connectivity index is 2.15. The number of alkyl halides is 3. The third-order valence-corrected chi connectivity index (χ3v) is 3.96. The van der Waals surface area contributed by atoms with E-state index in [9.17, 15) is 13.2 Å². The van der Waals surface area contributed by atoms with Gasteiger partial charge < -0.3 is 0 Å². The van der Waals surface area contributed by atoms with E-state index in [1.165, 1.54) is 16.8 Å². The van der Waals surface area contributed by atoms with E-state index in [0.29, 0.717) is 15.7 Å². The fourth-order valence-corrected chi connectivity index (χ4v) is 3.05. The second-order valence-corrected chi connectivity index (χ2v) is 5.48. The summed E-state index contributed by atoms with van der Waals surface area (Å²) in [6.07, 6.45) is -4.43. The van der Waals surface area contributed by atoms with Crippen molar-refractivity contribution in [1.29, 1.82) is 0 Å². The lowest BCUT2D eigenvalue weighted by Crippen LogP contribution is -2.03. The summed E-state index contributed by atoms with van der Waals surface area (Å²) < 4.78 is 37.2. The molecule has 0 N–H and O–H groups in total. The molecule has 0 aliphatic carbocycles. The van der Waals surface area contributed by atoms with Gasteiger partial charge in [-0.15, -0.1) is 20.4 Å². The lowest BCUT2D eigenvalue weighted by Gasteiger charge is -1.97. The second kappa shape index (κ2) is 4.02. The quantitative estimate of drug-likeness (QED) is 0.839. The molecule has 2 aromatic heterocycles. The highest BCUT2D eigenvalue weighted by Gasteiger charge is 2.35. The third kappa shape index (κ3) is 2.63. The fourth-order valence-electron chi connectivity index (χ4n) is 0.648. The summed E-state index contributed by atoms with van der Waals surface area (Å²) in [7, 11) is 0. The van der Waals surface area contributed by atoms with Crippen LogP contribution in [0.25, 0.3) is 0 Å². The predicted octanol–water partition coefficient (Wildman–Crippen LogP) is 2.56. The van der Waals surface area contributed by atoms with Gasteiger partial charge in [-0.3, -0.25) is 0 Å². The molecule has 0 aliphatic rings. The Bertz CT molecular complexity index is 437. The number of rotatable bonds is 2. The van der Waals surface area contributed by atoms with Crippen molar-refractivity contribution < 1.29 is 13.2 Å². The summed E-state index contributed by atoms with van der Waals surface area (Å²) in [5.74, 6) is 0. The van der Waals surface area contributed by atoms with Crippen molar-refractivity contribution in [1.82, 2.24) is 20.4 Å². The molecule has 15 heavy (non-hydrogen) atoms. The zero-order valence-corrected chi connectivity index (χ0v) is 9.17. The molecule has 0 aromatic carbocycles. The standard InChI is InChI=1S/C5HF3N4S3/c6-5(7,8)2-10-12-4(14-2)15-3-11-9-1-13-3/h1H. The molecule has 0 unspecified atom stereocenters. The van der Waals surface area contributed by atoms with Gasteiger partial charge in [-0.2, -0.15) is 13.2 Å². The Morgan fingerprint density at radius 2 is 1.93 bits per heavy atom. The summed E-state index contributed by atoms with van der Waals surface area (Å²) in [6, 6.07) is 0. The highest BCUT2D eigenvalue weighted by atomic mass is 32.2. The molecule has 0 fully saturated rings. The molecular weight excluding hydrogens is 269 g/mol. The highest BCUT2D eigenvalue weighted by molar-refractivity contribution is 8.02. The monoisotopic (exact) mass is 270 g/mol. The van der Waals surface area contributed by atoms with Crippen LogP contribution in [0.5, 0.6) is 0 Å². The average Bonchev–Trinajstić information content (AvgIpc) is 2.73. The Labute approximate surface area is 93.6 Å². The molecule has 0 spiro atoms. The average molecular weight is 270 g/mol. The largest absolute Gasteiger partial charge is 0.445 e. The van der Waals surface area contributed by atoms with Crippen LogP contribution in [-0.2, 0) is 6.18 Å². The minimum absolute atomic E-state index is 0.207. The van der Waals surface area contributed by atoms with Crippen LogP contribution in [0.3, 0.4) is 0 Å². The van der Waals surface area contributed by atoms with E-state index in [1.807, 2.05) is 0 Å². The molecule has 0 amide bonds. The summed E-state index contributed by atoms with van der Waals surface area (Å²) >= 11 is 2.75. The molecule has 2 aromatic rings. The molecule has 0 bridgehead atoms. The molecule has 0 saturated carbocycles. The first-order chi connectivity index (χ1) is 7.05. The second-order valence-electron chi connectivity index (χ2n) is 2.18. The summed E-state index contributed by atoms with van der Waals surface area (Å²) in [4.78, 5) is 0. The molecule has 0 saturated heterocycles. The van der Waals surface area contributed by atoms with Gasteiger partial charge in [0.2, 0.25) is 5.01 Å². The van der Waals surface area contributed by atoms with E-state index in [1.54, 1.807) is 0 Å². The van der Waals surface area contributed by atoms with Gasteiger partial charge in [0.15, 0.2) is 8.68 Å². The highest BCUT2D eigenvalue weighted by Crippen LogP contribution is 2.37. The zero-order chi connectivity index (χ0) is 10.9. The van der Waals surface area contributed by atoms with Gasteiger partial charge in [0, 0.05) is 0 Å². The number of hydrogen-bond donors (Lipinski definition) is 0. The zero-order valence-electron chi connectivity index (χ0n) is 6.72. The van der Waals surface area contributed by atoms with Crippen molar-refractivity contribution in [2.75, 3.05) is 0 Å². The molecule has 80 valence electrons. The van der Waals surface area contributed by atoms with Crippen LogP contribution in [0.2, 0.25) is 0 Å². The Morgan fingerprint density at radius 3 is 2.47 bits per heavy atom. The van der Waals surface area contributed by atoms with Crippen LogP contribution in [0.1, 0.15) is 5.01 Å². The summed E-state index contributed by atoms with van der Waals surface area (Å²) in [5.41, 5.74) is 1.49. The first-order valence-corrected chi connectivity index (χ1v) is 5.91. The van der Waals surface area contributed by atoms with Crippen LogP contribution in [-0.4, -0.2) is 20.4 Å². The van der Waals surface area contributed by atoms with Crippen LogP contribution < -0.4 is 0 Å². The smallest absolute Gasteiger partial charge is 0.164 e. The van der Waals surface area contributed by atoms with Gasteiger partial charge in [-0.05, 0) is 11.8 Å². The summed E-state index contributed by atoms with van der Waals surface area (Å²) in [6.45, 7) is 0. The molecule has 0 aliphatic heterocycles. The van der Waals surface area contributed by atoms with Gasteiger partial charge in [0.05, 0.1) is 0 Å². The maximum absolute atomic E-state index is 12.2. The van der Waals surface area contributed by atoms with Crippen molar-refractivity contribution in [3.05, 3.63) is 10.5 Å². The van der Waals surface area contributed by atoms with Gasteiger partial charge in [-0.1, -0.05) is 22.7 Å². The number of aromatic nitrogens is 4. The molecule has 0 atom stereocenters. The van der Waals surface area contributed by atoms with Gasteiger partial charge in [0.25, 0.3) is 0 Å². The van der Waals surface area contributed by atoms with Crippen LogP contribution in [0, 0.1) is 0 Å². The maximum Gasteiger partial charge on any atom is 0.445 e. The third-order valence-electron chi connectivity index (χ3n) is 1.16. The minimum atomic E-state index is -4.43. The Kier molecular flexibility index (Phi) is 2.89. The fraction of sp³-hybridized carbons (Fsp3) is 0.200. The lowest BCUT2D eigenvalue weighted by molar-refractivity contribution is -0.138. The van der Waals surface area contributed by atoms with E-state index >= 15 is 0 Å². The molecule has 2 rings (SSSR count). The van der Waals surface area contributed by atoms with E-state index in [0.717, 1.165) is 11.8 Å². The number of halogens is 3. The van der Waals surface area contributed by atoms with Crippen molar-refractivity contribution in [3.63, 3.8) is 0 Å². The lowest BCUT2D eigenvalue weighted by atomic mass is 10.7. The Hall–Kier alpha value is -0.740. The SMILES string of the molecule is FC(F)(F)c1nnc(Sc2nncs2)s1. The van der Waals surface area contributed by atoms with Gasteiger partial charge >= 0.3 is 6.18 Å². The van der Waals surface area contributed by atoms with Gasteiger partial charge in [0.1, 0.15) is 5.51 Å². The first kappa shape index (κ1) is 10.8.